The van der Waals surface area contributed by atoms with Crippen LogP contribution in [-0.4, -0.2) is 6.61 Å². The Morgan fingerprint density at radius 3 is 2.72 bits per heavy atom. The largest absolute Gasteiger partial charge is 0.501 e. The fourth-order valence-corrected chi connectivity index (χ4v) is 3.00. The maximum absolute atomic E-state index is 5.66. The lowest BCUT2D eigenvalue weighted by Gasteiger charge is -2.28. The Hall–Kier alpha value is -0.980. The van der Waals surface area contributed by atoms with Crippen LogP contribution < -0.4 is 0 Å². The van der Waals surface area contributed by atoms with Crippen LogP contribution in [0.4, 0.5) is 0 Å². The van der Waals surface area contributed by atoms with Gasteiger partial charge in [0.05, 0.1) is 12.9 Å². The van der Waals surface area contributed by atoms with E-state index in [1.165, 1.54) is 43.3 Å². The summed E-state index contributed by atoms with van der Waals surface area (Å²) in [7, 11) is 0. The third-order valence-corrected chi connectivity index (χ3v) is 3.98. The van der Waals surface area contributed by atoms with Gasteiger partial charge in [0.25, 0.3) is 0 Å². The molecule has 0 aliphatic heterocycles. The zero-order chi connectivity index (χ0) is 12.8. The van der Waals surface area contributed by atoms with Gasteiger partial charge >= 0.3 is 0 Å². The first-order valence-corrected chi connectivity index (χ1v) is 7.49. The van der Waals surface area contributed by atoms with Gasteiger partial charge in [-0.3, -0.25) is 0 Å². The lowest BCUT2D eigenvalue weighted by molar-refractivity contribution is 0.246. The van der Waals surface area contributed by atoms with E-state index >= 15 is 0 Å². The second-order valence-corrected chi connectivity index (χ2v) is 5.66. The second-order valence-electron chi connectivity index (χ2n) is 5.66. The Kier molecular flexibility index (Phi) is 5.10. The SMILES string of the molecule is CCCOC=C1CC(C)=CC=C1C1CCCCC1. The number of hydrogen-bond donors (Lipinski definition) is 0. The Morgan fingerprint density at radius 2 is 2.00 bits per heavy atom. The molecule has 2 aliphatic carbocycles. The number of hydrogen-bond acceptors (Lipinski definition) is 1. The molecule has 0 N–H and O–H groups in total. The minimum atomic E-state index is 0.777. The van der Waals surface area contributed by atoms with Crippen molar-refractivity contribution in [3.8, 4) is 0 Å². The first-order valence-electron chi connectivity index (χ1n) is 7.49. The Labute approximate surface area is 112 Å². The predicted octanol–water partition coefficient (Wildman–Crippen LogP) is 5.15. The highest BCUT2D eigenvalue weighted by Gasteiger charge is 2.22. The van der Waals surface area contributed by atoms with Gasteiger partial charge in [0.1, 0.15) is 0 Å². The smallest absolute Gasteiger partial charge is 0.0870 e. The van der Waals surface area contributed by atoms with Crippen molar-refractivity contribution >= 4 is 0 Å². The fourth-order valence-electron chi connectivity index (χ4n) is 3.00. The van der Waals surface area contributed by atoms with Gasteiger partial charge in [-0.15, -0.1) is 0 Å². The molecule has 0 aromatic heterocycles. The molecule has 100 valence electrons. The van der Waals surface area contributed by atoms with E-state index in [1.54, 1.807) is 5.57 Å². The van der Waals surface area contributed by atoms with Crippen molar-refractivity contribution < 1.29 is 4.74 Å². The summed E-state index contributed by atoms with van der Waals surface area (Å²) in [5.74, 6) is 0.777. The van der Waals surface area contributed by atoms with Gasteiger partial charge in [0.2, 0.25) is 0 Å². The highest BCUT2D eigenvalue weighted by Crippen LogP contribution is 2.37. The van der Waals surface area contributed by atoms with Gasteiger partial charge in [0, 0.05) is 0 Å². The van der Waals surface area contributed by atoms with Crippen molar-refractivity contribution in [1.82, 2.24) is 0 Å². The highest BCUT2D eigenvalue weighted by atomic mass is 16.5. The monoisotopic (exact) mass is 246 g/mol. The molecule has 1 fully saturated rings. The summed E-state index contributed by atoms with van der Waals surface area (Å²) in [4.78, 5) is 0. The maximum atomic E-state index is 5.66. The van der Waals surface area contributed by atoms with E-state index in [0.717, 1.165) is 25.4 Å². The van der Waals surface area contributed by atoms with Gasteiger partial charge in [-0.25, -0.2) is 0 Å². The molecule has 2 aliphatic rings. The van der Waals surface area contributed by atoms with Crippen molar-refractivity contribution in [3.63, 3.8) is 0 Å². The zero-order valence-electron chi connectivity index (χ0n) is 11.9. The van der Waals surface area contributed by atoms with E-state index in [1.807, 2.05) is 6.26 Å². The van der Waals surface area contributed by atoms with E-state index in [2.05, 4.69) is 26.0 Å². The molecule has 0 spiro atoms. The molecule has 0 heterocycles. The van der Waals surface area contributed by atoms with Gasteiger partial charge in [-0.1, -0.05) is 43.9 Å². The molecule has 0 aromatic carbocycles. The van der Waals surface area contributed by atoms with Crippen LogP contribution in [-0.2, 0) is 4.74 Å². The number of rotatable bonds is 4. The molecule has 0 aromatic rings. The molecule has 1 heteroatoms. The predicted molar refractivity (Wildman–Crippen MR) is 77.4 cm³/mol. The summed E-state index contributed by atoms with van der Waals surface area (Å²) in [5.41, 5.74) is 4.42. The molecule has 1 saturated carbocycles. The average molecular weight is 246 g/mol. The maximum Gasteiger partial charge on any atom is 0.0870 e. The highest BCUT2D eigenvalue weighted by molar-refractivity contribution is 5.42. The third kappa shape index (κ3) is 3.51. The molecular weight excluding hydrogens is 220 g/mol. The van der Waals surface area contributed by atoms with Gasteiger partial charge in [-0.2, -0.15) is 0 Å². The van der Waals surface area contributed by atoms with Crippen LogP contribution in [0.5, 0.6) is 0 Å². The van der Waals surface area contributed by atoms with Crippen LogP contribution in [0.1, 0.15) is 58.8 Å². The average Bonchev–Trinajstić information content (AvgIpc) is 2.40. The molecule has 0 amide bonds. The lowest BCUT2D eigenvalue weighted by atomic mass is 9.78. The Morgan fingerprint density at radius 1 is 1.22 bits per heavy atom. The van der Waals surface area contributed by atoms with Crippen molar-refractivity contribution in [2.45, 2.75) is 58.8 Å². The standard InChI is InChI=1S/C17H26O/c1-3-11-18-13-16-12-14(2)9-10-17(16)15-7-5-4-6-8-15/h9-10,13,15H,3-8,11-12H2,1-2H3. The van der Waals surface area contributed by atoms with Gasteiger partial charge in [-0.05, 0) is 49.7 Å². The Bertz CT molecular complexity index is 354. The summed E-state index contributed by atoms with van der Waals surface area (Å²) >= 11 is 0. The third-order valence-electron chi connectivity index (χ3n) is 3.98. The van der Waals surface area contributed by atoms with Crippen LogP contribution in [0.2, 0.25) is 0 Å². The molecule has 2 rings (SSSR count). The van der Waals surface area contributed by atoms with E-state index in [0.29, 0.717) is 0 Å². The van der Waals surface area contributed by atoms with E-state index in [9.17, 15) is 0 Å². The lowest BCUT2D eigenvalue weighted by Crippen LogP contribution is -2.13. The molecule has 0 saturated heterocycles. The van der Waals surface area contributed by atoms with Gasteiger partial charge < -0.3 is 4.74 Å². The van der Waals surface area contributed by atoms with Crippen LogP contribution >= 0.6 is 0 Å². The molecule has 0 bridgehead atoms. The summed E-state index contributed by atoms with van der Waals surface area (Å²) < 4.78 is 5.66. The minimum Gasteiger partial charge on any atom is -0.501 e. The normalized spacial score (nSPS) is 23.8. The number of allylic oxidation sites excluding steroid dienone is 5. The van der Waals surface area contributed by atoms with Crippen molar-refractivity contribution in [3.05, 3.63) is 35.1 Å². The molecule has 0 unspecified atom stereocenters. The van der Waals surface area contributed by atoms with E-state index < -0.39 is 0 Å². The van der Waals surface area contributed by atoms with Crippen LogP contribution in [0, 0.1) is 5.92 Å². The summed E-state index contributed by atoms with van der Waals surface area (Å²) in [6.45, 7) is 5.20. The van der Waals surface area contributed by atoms with Crippen molar-refractivity contribution in [2.75, 3.05) is 6.61 Å². The molecule has 0 atom stereocenters. The summed E-state index contributed by atoms with van der Waals surface area (Å²) in [6.07, 6.45) is 15.8. The molecule has 0 radical (unpaired) electrons. The number of ether oxygens (including phenoxy) is 1. The van der Waals surface area contributed by atoms with Crippen LogP contribution in [0.25, 0.3) is 0 Å². The molecule has 1 nitrogen and oxygen atoms in total. The zero-order valence-corrected chi connectivity index (χ0v) is 11.9. The summed E-state index contributed by atoms with van der Waals surface area (Å²) in [5, 5.41) is 0. The van der Waals surface area contributed by atoms with Crippen LogP contribution in [0.3, 0.4) is 0 Å². The second kappa shape index (κ2) is 6.82. The molecular formula is C17H26O. The van der Waals surface area contributed by atoms with Gasteiger partial charge in [0.15, 0.2) is 0 Å². The Balaban J connectivity index is 2.09. The fraction of sp³-hybridized carbons (Fsp3) is 0.647. The first-order chi connectivity index (χ1) is 8.81. The van der Waals surface area contributed by atoms with E-state index in [-0.39, 0.29) is 0 Å². The van der Waals surface area contributed by atoms with Crippen molar-refractivity contribution in [2.24, 2.45) is 5.92 Å². The minimum absolute atomic E-state index is 0.777. The molecule has 18 heavy (non-hydrogen) atoms. The summed E-state index contributed by atoms with van der Waals surface area (Å²) in [6, 6.07) is 0. The van der Waals surface area contributed by atoms with Crippen LogP contribution in [0.15, 0.2) is 35.1 Å². The quantitative estimate of drug-likeness (QED) is 0.492. The first kappa shape index (κ1) is 13.5. The van der Waals surface area contributed by atoms with Crippen molar-refractivity contribution in [1.29, 1.82) is 0 Å². The topological polar surface area (TPSA) is 9.23 Å². The van der Waals surface area contributed by atoms with E-state index in [4.69, 9.17) is 4.74 Å².